The van der Waals surface area contributed by atoms with E-state index in [2.05, 4.69) is 11.9 Å². The van der Waals surface area contributed by atoms with E-state index in [0.29, 0.717) is 19.6 Å². The van der Waals surface area contributed by atoms with Crippen LogP contribution in [0.2, 0.25) is 0 Å². The summed E-state index contributed by atoms with van der Waals surface area (Å²) in [6.07, 6.45) is 1.88. The minimum absolute atomic E-state index is 0.0488. The molecule has 0 atom stereocenters. The van der Waals surface area contributed by atoms with Crippen molar-refractivity contribution in [3.8, 4) is 0 Å². The summed E-state index contributed by atoms with van der Waals surface area (Å²) in [5.74, 6) is 0.0488. The molecule has 58 valence electrons. The largest absolute Gasteiger partial charge is 0.500 e. The van der Waals surface area contributed by atoms with E-state index in [-0.39, 0.29) is 5.91 Å². The first-order chi connectivity index (χ1) is 4.81. The molecule has 0 fully saturated rings. The third-order valence-electron chi connectivity index (χ3n) is 0.981. The van der Waals surface area contributed by atoms with Gasteiger partial charge in [-0.25, -0.2) is 0 Å². The molecule has 0 rings (SSSR count). The van der Waals surface area contributed by atoms with E-state index < -0.39 is 0 Å². The van der Waals surface area contributed by atoms with Crippen LogP contribution in [0.15, 0.2) is 12.8 Å². The molecule has 0 aromatic rings. The maximum Gasteiger partial charge on any atom is 0.219 e. The summed E-state index contributed by atoms with van der Waals surface area (Å²) >= 11 is 0. The van der Waals surface area contributed by atoms with Gasteiger partial charge in [0.15, 0.2) is 0 Å². The van der Waals surface area contributed by atoms with Crippen molar-refractivity contribution >= 4 is 5.91 Å². The summed E-state index contributed by atoms with van der Waals surface area (Å²) in [6.45, 7) is 6.22. The van der Waals surface area contributed by atoms with Crippen molar-refractivity contribution in [3.63, 3.8) is 0 Å². The number of amides is 1. The van der Waals surface area contributed by atoms with Gasteiger partial charge in [-0.05, 0) is 0 Å². The minimum atomic E-state index is 0.0488. The molecule has 3 heteroatoms. The molecule has 0 aromatic heterocycles. The highest BCUT2D eigenvalue weighted by atomic mass is 16.5. The second kappa shape index (κ2) is 6.13. The zero-order valence-corrected chi connectivity index (χ0v) is 6.22. The van der Waals surface area contributed by atoms with Crippen molar-refractivity contribution in [1.29, 1.82) is 0 Å². The standard InChI is InChI=1S/C7H13NO2/c1-3-7(9)8-5-6-10-4-2/h4H,2-3,5-6H2,1H3,(H,8,9). The molecule has 0 bridgehead atoms. The second-order valence-electron chi connectivity index (χ2n) is 1.74. The monoisotopic (exact) mass is 143 g/mol. The van der Waals surface area contributed by atoms with Crippen LogP contribution < -0.4 is 5.32 Å². The van der Waals surface area contributed by atoms with Crippen molar-refractivity contribution in [2.75, 3.05) is 13.2 Å². The number of ether oxygens (including phenoxy) is 1. The van der Waals surface area contributed by atoms with Crippen molar-refractivity contribution in [3.05, 3.63) is 12.8 Å². The first kappa shape index (κ1) is 9.01. The molecule has 0 aliphatic heterocycles. The number of hydrogen-bond donors (Lipinski definition) is 1. The summed E-state index contributed by atoms with van der Waals surface area (Å²) < 4.78 is 4.78. The van der Waals surface area contributed by atoms with Crippen LogP contribution in [0.25, 0.3) is 0 Å². The van der Waals surface area contributed by atoms with Crippen LogP contribution in [0.5, 0.6) is 0 Å². The van der Waals surface area contributed by atoms with Gasteiger partial charge >= 0.3 is 0 Å². The van der Waals surface area contributed by atoms with Crippen LogP contribution >= 0.6 is 0 Å². The summed E-state index contributed by atoms with van der Waals surface area (Å²) in [5, 5.41) is 2.66. The van der Waals surface area contributed by atoms with Gasteiger partial charge in [0.1, 0.15) is 6.61 Å². The Morgan fingerprint density at radius 3 is 3.00 bits per heavy atom. The lowest BCUT2D eigenvalue weighted by molar-refractivity contribution is -0.120. The lowest BCUT2D eigenvalue weighted by Crippen LogP contribution is -2.25. The van der Waals surface area contributed by atoms with Gasteiger partial charge in [0.25, 0.3) is 0 Å². The van der Waals surface area contributed by atoms with E-state index in [9.17, 15) is 4.79 Å². The molecule has 10 heavy (non-hydrogen) atoms. The summed E-state index contributed by atoms with van der Waals surface area (Å²) in [4.78, 5) is 10.6. The van der Waals surface area contributed by atoms with Crippen LogP contribution in [-0.4, -0.2) is 19.1 Å². The third kappa shape index (κ3) is 5.15. The molecule has 0 unspecified atom stereocenters. The lowest BCUT2D eigenvalue weighted by Gasteiger charge is -2.01. The molecule has 0 aromatic carbocycles. The fourth-order valence-electron chi connectivity index (χ4n) is 0.458. The second-order valence-corrected chi connectivity index (χ2v) is 1.74. The fraction of sp³-hybridized carbons (Fsp3) is 0.571. The Kier molecular flexibility index (Phi) is 5.53. The van der Waals surface area contributed by atoms with Crippen LogP contribution in [0.3, 0.4) is 0 Å². The molecule has 0 aliphatic carbocycles. The summed E-state index contributed by atoms with van der Waals surface area (Å²) in [7, 11) is 0. The number of hydrogen-bond acceptors (Lipinski definition) is 2. The molecule has 0 saturated carbocycles. The first-order valence-corrected chi connectivity index (χ1v) is 3.30. The molecule has 0 radical (unpaired) electrons. The molecule has 0 saturated heterocycles. The molecule has 0 heterocycles. The summed E-state index contributed by atoms with van der Waals surface area (Å²) in [6, 6.07) is 0. The average molecular weight is 143 g/mol. The minimum Gasteiger partial charge on any atom is -0.500 e. The Balaban J connectivity index is 3.03. The molecule has 3 nitrogen and oxygen atoms in total. The van der Waals surface area contributed by atoms with Gasteiger partial charge < -0.3 is 10.1 Å². The number of nitrogens with one attached hydrogen (secondary N) is 1. The van der Waals surface area contributed by atoms with E-state index >= 15 is 0 Å². The molecule has 1 N–H and O–H groups in total. The van der Waals surface area contributed by atoms with E-state index in [1.807, 2.05) is 6.92 Å². The SMILES string of the molecule is C=COCCNC(=O)CC. The molecular formula is C7H13NO2. The van der Waals surface area contributed by atoms with E-state index in [1.165, 1.54) is 6.26 Å². The Morgan fingerprint density at radius 2 is 2.50 bits per heavy atom. The molecule has 0 spiro atoms. The van der Waals surface area contributed by atoms with Crippen molar-refractivity contribution in [2.24, 2.45) is 0 Å². The molecular weight excluding hydrogens is 130 g/mol. The average Bonchev–Trinajstić information content (AvgIpc) is 1.98. The van der Waals surface area contributed by atoms with Gasteiger partial charge in [-0.15, -0.1) is 0 Å². The normalized spacial score (nSPS) is 8.50. The predicted molar refractivity (Wildman–Crippen MR) is 39.4 cm³/mol. The maximum atomic E-state index is 10.6. The number of rotatable bonds is 5. The Bertz CT molecular complexity index is 112. The first-order valence-electron chi connectivity index (χ1n) is 3.30. The van der Waals surface area contributed by atoms with Crippen molar-refractivity contribution in [2.45, 2.75) is 13.3 Å². The maximum absolute atomic E-state index is 10.6. The fourth-order valence-corrected chi connectivity index (χ4v) is 0.458. The summed E-state index contributed by atoms with van der Waals surface area (Å²) in [5.41, 5.74) is 0. The topological polar surface area (TPSA) is 38.3 Å². The zero-order chi connectivity index (χ0) is 7.82. The Labute approximate surface area is 61.1 Å². The quantitative estimate of drug-likeness (QED) is 0.454. The predicted octanol–water partition coefficient (Wildman–Crippen LogP) is 0.673. The molecule has 1 amide bonds. The highest BCUT2D eigenvalue weighted by Crippen LogP contribution is 1.75. The number of carbonyl (C=O) groups is 1. The van der Waals surface area contributed by atoms with Gasteiger partial charge in [-0.2, -0.15) is 0 Å². The van der Waals surface area contributed by atoms with Gasteiger partial charge in [0.2, 0.25) is 5.91 Å². The smallest absolute Gasteiger partial charge is 0.219 e. The van der Waals surface area contributed by atoms with Gasteiger partial charge in [0.05, 0.1) is 12.8 Å². The van der Waals surface area contributed by atoms with Crippen molar-refractivity contribution in [1.82, 2.24) is 5.32 Å². The number of carbonyl (C=O) groups excluding carboxylic acids is 1. The van der Waals surface area contributed by atoms with Gasteiger partial charge in [-0.3, -0.25) is 4.79 Å². The highest BCUT2D eigenvalue weighted by molar-refractivity contribution is 5.75. The Morgan fingerprint density at radius 1 is 1.80 bits per heavy atom. The Hall–Kier alpha value is -0.990. The molecule has 0 aliphatic rings. The highest BCUT2D eigenvalue weighted by Gasteiger charge is 1.92. The zero-order valence-electron chi connectivity index (χ0n) is 6.22. The van der Waals surface area contributed by atoms with Crippen LogP contribution in [0, 0.1) is 0 Å². The van der Waals surface area contributed by atoms with Crippen LogP contribution in [0.1, 0.15) is 13.3 Å². The van der Waals surface area contributed by atoms with Gasteiger partial charge in [-0.1, -0.05) is 13.5 Å². The van der Waals surface area contributed by atoms with E-state index in [0.717, 1.165) is 0 Å². The lowest BCUT2D eigenvalue weighted by atomic mass is 10.4. The van der Waals surface area contributed by atoms with E-state index in [1.54, 1.807) is 0 Å². The van der Waals surface area contributed by atoms with Crippen molar-refractivity contribution < 1.29 is 9.53 Å². The van der Waals surface area contributed by atoms with Gasteiger partial charge in [0, 0.05) is 6.42 Å². The van der Waals surface area contributed by atoms with Crippen LogP contribution in [-0.2, 0) is 9.53 Å². The van der Waals surface area contributed by atoms with Crippen LogP contribution in [0.4, 0.5) is 0 Å². The van der Waals surface area contributed by atoms with E-state index in [4.69, 9.17) is 4.74 Å². The third-order valence-corrected chi connectivity index (χ3v) is 0.981.